The van der Waals surface area contributed by atoms with Crippen LogP contribution < -0.4 is 22.9 Å². The molecule has 0 aromatic carbocycles. The Balaban J connectivity index is -0.000000256. The topological polar surface area (TPSA) is 213 Å². The molecule has 2 amide bonds. The second kappa shape index (κ2) is 11.5. The summed E-state index contributed by atoms with van der Waals surface area (Å²) in [5, 5.41) is 16.2. The molecule has 0 fully saturated rings. The average molecular weight is 330 g/mol. The first-order valence-electron chi connectivity index (χ1n) is 4.61. The van der Waals surface area contributed by atoms with Crippen molar-refractivity contribution in [1.82, 2.24) is 0 Å². The Hall–Kier alpha value is -1.58. The van der Waals surface area contributed by atoms with Crippen molar-refractivity contribution < 1.29 is 48.9 Å². The summed E-state index contributed by atoms with van der Waals surface area (Å²) >= 11 is 0. The van der Waals surface area contributed by atoms with Gasteiger partial charge in [-0.15, -0.1) is 0 Å². The first-order valence-corrected chi connectivity index (χ1v) is 4.61. The summed E-state index contributed by atoms with van der Waals surface area (Å²) in [4.78, 5) is 39.8. The number of amides is 2. The molecule has 0 saturated carbocycles. The van der Waals surface area contributed by atoms with E-state index >= 15 is 0 Å². The van der Waals surface area contributed by atoms with Crippen LogP contribution in [0.3, 0.4) is 0 Å². The number of carboxylic acid groups (broad SMARTS) is 2. The minimum atomic E-state index is -1.21. The van der Waals surface area contributed by atoms with Crippen LogP contribution in [-0.4, -0.2) is 46.0 Å². The molecule has 19 heavy (non-hydrogen) atoms. The van der Waals surface area contributed by atoms with Gasteiger partial charge >= 0.3 is 11.9 Å². The molecule has 10 N–H and O–H groups in total. The minimum Gasteiger partial charge on any atom is -0.480 e. The van der Waals surface area contributed by atoms with E-state index in [9.17, 15) is 19.2 Å². The number of hydrogen-bond donors (Lipinski definition) is 6. The SMILES string of the molecule is NC(=O)CC(N)C(=O)O.NC(=O)CC(N)C(=O)O.[Zn]. The van der Waals surface area contributed by atoms with E-state index in [1.54, 1.807) is 0 Å². The number of aliphatic carboxylic acids is 2. The molecule has 0 heterocycles. The average Bonchev–Trinajstić information content (AvgIpc) is 2.16. The van der Waals surface area contributed by atoms with E-state index < -0.39 is 35.8 Å². The summed E-state index contributed by atoms with van der Waals surface area (Å²) in [6.07, 6.45) is -0.620. The molecule has 106 valence electrons. The Morgan fingerprint density at radius 2 is 1.00 bits per heavy atom. The van der Waals surface area contributed by atoms with Crippen LogP contribution in [0.15, 0.2) is 0 Å². The molecule has 0 rings (SSSR count). The Morgan fingerprint density at radius 3 is 1.05 bits per heavy atom. The molecule has 0 bridgehead atoms. The zero-order valence-electron chi connectivity index (χ0n) is 10.1. The molecular formula is C8H16N4O6Zn. The number of carbonyl (C=O) groups is 4. The third-order valence-corrected chi connectivity index (χ3v) is 1.48. The van der Waals surface area contributed by atoms with Crippen molar-refractivity contribution in [2.24, 2.45) is 22.9 Å². The maximum Gasteiger partial charge on any atom is 0.321 e. The second-order valence-electron chi connectivity index (χ2n) is 3.23. The fourth-order valence-corrected chi connectivity index (χ4v) is 0.608. The first-order chi connectivity index (χ1) is 8.07. The maximum absolute atomic E-state index is 9.99. The van der Waals surface area contributed by atoms with Crippen molar-refractivity contribution in [3.05, 3.63) is 0 Å². The van der Waals surface area contributed by atoms with Crippen LogP contribution in [0.2, 0.25) is 0 Å². The zero-order chi connectivity index (χ0) is 14.9. The van der Waals surface area contributed by atoms with E-state index in [1.165, 1.54) is 0 Å². The van der Waals surface area contributed by atoms with E-state index in [-0.39, 0.29) is 32.3 Å². The van der Waals surface area contributed by atoms with Crippen LogP contribution in [0.25, 0.3) is 0 Å². The smallest absolute Gasteiger partial charge is 0.321 e. The Labute approximate surface area is 121 Å². The summed E-state index contributed by atoms with van der Waals surface area (Å²) in [5.41, 5.74) is 19.1. The number of carboxylic acids is 2. The van der Waals surface area contributed by atoms with Crippen LogP contribution in [0, 0.1) is 0 Å². The molecule has 0 saturated heterocycles. The molecule has 0 spiro atoms. The largest absolute Gasteiger partial charge is 0.480 e. The van der Waals surface area contributed by atoms with Gasteiger partial charge in [-0.2, -0.15) is 0 Å². The van der Waals surface area contributed by atoms with Crippen molar-refractivity contribution in [3.63, 3.8) is 0 Å². The van der Waals surface area contributed by atoms with Crippen LogP contribution in [0.1, 0.15) is 12.8 Å². The minimum absolute atomic E-state index is 0. The van der Waals surface area contributed by atoms with Crippen molar-refractivity contribution in [2.45, 2.75) is 24.9 Å². The number of nitrogens with two attached hydrogens (primary N) is 4. The van der Waals surface area contributed by atoms with Gasteiger partial charge in [0.05, 0.1) is 12.8 Å². The zero-order valence-corrected chi connectivity index (χ0v) is 13.1. The predicted octanol–water partition coefficient (Wildman–Crippen LogP) is -3.46. The van der Waals surface area contributed by atoms with Gasteiger partial charge in [0, 0.05) is 19.5 Å². The monoisotopic (exact) mass is 328 g/mol. The van der Waals surface area contributed by atoms with E-state index in [1.807, 2.05) is 0 Å². The van der Waals surface area contributed by atoms with Crippen molar-refractivity contribution in [2.75, 3.05) is 0 Å². The quantitative estimate of drug-likeness (QED) is 0.269. The molecule has 11 heteroatoms. The third kappa shape index (κ3) is 16.4. The van der Waals surface area contributed by atoms with Crippen LogP contribution in [0.5, 0.6) is 0 Å². The van der Waals surface area contributed by atoms with Crippen LogP contribution in [-0.2, 0) is 38.7 Å². The van der Waals surface area contributed by atoms with Gasteiger partial charge in [0.1, 0.15) is 12.1 Å². The number of carbonyl (C=O) groups excluding carboxylic acids is 2. The van der Waals surface area contributed by atoms with Gasteiger partial charge in [-0.3, -0.25) is 19.2 Å². The third-order valence-electron chi connectivity index (χ3n) is 1.48. The molecule has 0 aromatic rings. The van der Waals surface area contributed by atoms with E-state index in [2.05, 4.69) is 11.5 Å². The van der Waals surface area contributed by atoms with Gasteiger partial charge in [-0.05, 0) is 0 Å². The molecule has 0 aromatic heterocycles. The van der Waals surface area contributed by atoms with Gasteiger partial charge in [-0.1, -0.05) is 0 Å². The normalized spacial score (nSPS) is 11.9. The molecule has 0 aliphatic rings. The molecule has 0 radical (unpaired) electrons. The van der Waals surface area contributed by atoms with Gasteiger partial charge < -0.3 is 33.1 Å². The molecule has 10 nitrogen and oxygen atoms in total. The molecule has 0 aliphatic carbocycles. The maximum atomic E-state index is 9.99. The van der Waals surface area contributed by atoms with Gasteiger partial charge in [0.25, 0.3) is 0 Å². The second-order valence-corrected chi connectivity index (χ2v) is 3.23. The summed E-state index contributed by atoms with van der Waals surface area (Å²) in [6.45, 7) is 0. The van der Waals surface area contributed by atoms with Crippen LogP contribution in [0.4, 0.5) is 0 Å². The van der Waals surface area contributed by atoms with E-state index in [4.69, 9.17) is 21.7 Å². The fourth-order valence-electron chi connectivity index (χ4n) is 0.608. The van der Waals surface area contributed by atoms with Crippen LogP contribution >= 0.6 is 0 Å². The molecular weight excluding hydrogens is 313 g/mol. The standard InChI is InChI=1S/2C4H8N2O3.Zn/c2*5-2(4(8)9)1-3(6)7;/h2*2H,1,5H2,(H2,6,7)(H,8,9);. The van der Waals surface area contributed by atoms with Crippen molar-refractivity contribution in [3.8, 4) is 0 Å². The summed E-state index contributed by atoms with van der Waals surface area (Å²) < 4.78 is 0. The van der Waals surface area contributed by atoms with E-state index in [0.717, 1.165) is 0 Å². The van der Waals surface area contributed by atoms with Gasteiger partial charge in [0.2, 0.25) is 11.8 Å². The Bertz CT molecular complexity index is 305. The molecule has 2 unspecified atom stereocenters. The summed E-state index contributed by atoms with van der Waals surface area (Å²) in [6, 6.07) is -2.33. The Kier molecular flexibility index (Phi) is 13.7. The predicted molar refractivity (Wildman–Crippen MR) is 58.8 cm³/mol. The van der Waals surface area contributed by atoms with E-state index in [0.29, 0.717) is 0 Å². The fraction of sp³-hybridized carbons (Fsp3) is 0.500. The number of primary amides is 2. The summed E-state index contributed by atoms with van der Waals surface area (Å²) in [7, 11) is 0. The first kappa shape index (κ1) is 22.6. The Morgan fingerprint density at radius 1 is 0.789 bits per heavy atom. The van der Waals surface area contributed by atoms with Gasteiger partial charge in [-0.25, -0.2) is 0 Å². The summed E-state index contributed by atoms with van der Waals surface area (Å²) in [5.74, 6) is -3.84. The number of hydrogen-bond acceptors (Lipinski definition) is 6. The number of rotatable bonds is 6. The molecule has 0 aliphatic heterocycles. The van der Waals surface area contributed by atoms with Crippen molar-refractivity contribution >= 4 is 23.8 Å². The molecule has 2 atom stereocenters. The van der Waals surface area contributed by atoms with Crippen molar-refractivity contribution in [1.29, 1.82) is 0 Å². The van der Waals surface area contributed by atoms with Gasteiger partial charge in [0.15, 0.2) is 0 Å².